The molecule has 0 saturated heterocycles. The number of nitrogens with zero attached hydrogens (tertiary/aromatic N) is 3. The Bertz CT molecular complexity index is 1770. The molecule has 0 fully saturated rings. The number of methoxy groups -OCH3 is 2. The Kier molecular flexibility index (Phi) is 8.40. The molecule has 4 rings (SSSR count). The minimum Gasteiger partial charge on any atom is -0.503 e. The predicted molar refractivity (Wildman–Crippen MR) is 147 cm³/mol. The van der Waals surface area contributed by atoms with Crippen LogP contribution < -0.4 is 10.4 Å². The van der Waals surface area contributed by atoms with Crippen LogP contribution in [0.25, 0.3) is 11.3 Å². The molecule has 208 valence electrons. The fourth-order valence-electron chi connectivity index (χ4n) is 3.96. The Morgan fingerprint density at radius 3 is 2.45 bits per heavy atom. The van der Waals surface area contributed by atoms with Gasteiger partial charge in [0, 0.05) is 0 Å². The van der Waals surface area contributed by atoms with Crippen LogP contribution in [0.2, 0.25) is 5.02 Å². The molecule has 0 amide bonds. The summed E-state index contributed by atoms with van der Waals surface area (Å²) >= 11 is 6.14. The minimum absolute atomic E-state index is 0.0262. The molecule has 0 aliphatic heterocycles. The number of nitrogens with one attached hydrogen (secondary N) is 1. The maximum absolute atomic E-state index is 15.1. The van der Waals surface area contributed by atoms with Crippen molar-refractivity contribution in [1.29, 1.82) is 0 Å². The summed E-state index contributed by atoms with van der Waals surface area (Å²) in [5.74, 6) is -1.30. The van der Waals surface area contributed by atoms with Gasteiger partial charge < -0.3 is 9.47 Å². The third-order valence-electron chi connectivity index (χ3n) is 5.89. The number of rotatable bonds is 9. The number of hydrogen-bond donors (Lipinski definition) is 1. The molecule has 0 radical (unpaired) electrons. The van der Waals surface area contributed by atoms with Gasteiger partial charge in [0.2, 0.25) is 0 Å². The van der Waals surface area contributed by atoms with Crippen molar-refractivity contribution in [1.82, 2.24) is 14.3 Å². The van der Waals surface area contributed by atoms with E-state index in [4.69, 9.17) is 21.1 Å². The lowest BCUT2D eigenvalue weighted by atomic mass is 10.0. The van der Waals surface area contributed by atoms with E-state index in [0.717, 1.165) is 16.8 Å². The molecule has 10 nitrogen and oxygen atoms in total. The van der Waals surface area contributed by atoms with Crippen LogP contribution >= 0.6 is 11.6 Å². The van der Waals surface area contributed by atoms with Crippen molar-refractivity contribution in [2.24, 2.45) is 0 Å². The van der Waals surface area contributed by atoms with E-state index in [-0.39, 0.29) is 39.2 Å². The summed E-state index contributed by atoms with van der Waals surface area (Å²) in [6, 6.07) is 16.4. The molecule has 1 aromatic heterocycles. The van der Waals surface area contributed by atoms with Gasteiger partial charge in [-0.05, 0) is 42.3 Å². The standard InChI is InChI=1S/C27H24ClFN4O6S/c1-17-30-33(25-14-24(22(28)13-23(25)29)31-40(36,37)19-10-5-4-6-11-19)27(35)32(17)15-18-9-7-8-12-20(18)21(16-38-2)26(34)39-3/h4-14,16,31H,15H2,1-3H3/b21-16+. The summed E-state index contributed by atoms with van der Waals surface area (Å²) in [6.07, 6.45) is 1.24. The van der Waals surface area contributed by atoms with Crippen molar-refractivity contribution in [2.75, 3.05) is 18.9 Å². The molecule has 3 aromatic carbocycles. The fourth-order valence-corrected chi connectivity index (χ4v) is 5.30. The molecular formula is C27H24ClFN4O6S. The summed E-state index contributed by atoms with van der Waals surface area (Å²) in [5, 5.41) is 3.99. The van der Waals surface area contributed by atoms with E-state index in [9.17, 15) is 18.0 Å². The molecule has 0 aliphatic carbocycles. The van der Waals surface area contributed by atoms with Crippen LogP contribution in [0.5, 0.6) is 0 Å². The first-order chi connectivity index (χ1) is 19.1. The van der Waals surface area contributed by atoms with E-state index < -0.39 is 27.5 Å². The molecule has 0 spiro atoms. The van der Waals surface area contributed by atoms with Crippen molar-refractivity contribution in [2.45, 2.75) is 18.4 Å². The summed E-state index contributed by atoms with van der Waals surface area (Å²) < 4.78 is 55.0. The zero-order valence-electron chi connectivity index (χ0n) is 21.6. The van der Waals surface area contributed by atoms with Crippen LogP contribution in [0.4, 0.5) is 10.1 Å². The first-order valence-electron chi connectivity index (χ1n) is 11.7. The van der Waals surface area contributed by atoms with Gasteiger partial charge in [0.15, 0.2) is 5.82 Å². The Morgan fingerprint density at radius 2 is 1.77 bits per heavy atom. The molecular weight excluding hydrogens is 563 g/mol. The average molecular weight is 587 g/mol. The van der Waals surface area contributed by atoms with E-state index in [1.165, 1.54) is 37.2 Å². The first-order valence-corrected chi connectivity index (χ1v) is 13.6. The lowest BCUT2D eigenvalue weighted by Gasteiger charge is -2.12. The summed E-state index contributed by atoms with van der Waals surface area (Å²) in [7, 11) is -1.43. The Morgan fingerprint density at radius 1 is 1.10 bits per heavy atom. The van der Waals surface area contributed by atoms with Crippen LogP contribution in [-0.4, -0.2) is 43.0 Å². The van der Waals surface area contributed by atoms with Gasteiger partial charge in [-0.25, -0.2) is 22.4 Å². The Balaban J connectivity index is 1.75. The van der Waals surface area contributed by atoms with Crippen molar-refractivity contribution < 1.29 is 27.1 Å². The molecule has 40 heavy (non-hydrogen) atoms. The molecule has 0 bridgehead atoms. The Labute approximate surface area is 234 Å². The molecule has 0 unspecified atom stereocenters. The number of sulfonamides is 1. The normalized spacial score (nSPS) is 11.8. The summed E-state index contributed by atoms with van der Waals surface area (Å²) in [4.78, 5) is 25.8. The van der Waals surface area contributed by atoms with E-state index in [1.54, 1.807) is 49.4 Å². The van der Waals surface area contributed by atoms with Crippen LogP contribution in [0.1, 0.15) is 17.0 Å². The van der Waals surface area contributed by atoms with Gasteiger partial charge in [-0.2, -0.15) is 9.78 Å². The van der Waals surface area contributed by atoms with Crippen LogP contribution in [0, 0.1) is 12.7 Å². The summed E-state index contributed by atoms with van der Waals surface area (Å²) in [6.45, 7) is 1.53. The highest BCUT2D eigenvalue weighted by Gasteiger charge is 2.22. The molecule has 0 atom stereocenters. The van der Waals surface area contributed by atoms with Crippen LogP contribution in [0.3, 0.4) is 0 Å². The molecule has 4 aromatic rings. The zero-order chi connectivity index (χ0) is 29.0. The van der Waals surface area contributed by atoms with Gasteiger partial charge in [-0.3, -0.25) is 9.29 Å². The lowest BCUT2D eigenvalue weighted by molar-refractivity contribution is -0.133. The van der Waals surface area contributed by atoms with E-state index in [1.807, 2.05) is 0 Å². The molecule has 0 aliphatic rings. The number of aromatic nitrogens is 3. The largest absolute Gasteiger partial charge is 0.503 e. The number of halogens is 2. The quantitative estimate of drug-likeness (QED) is 0.178. The predicted octanol–water partition coefficient (Wildman–Crippen LogP) is 4.14. The van der Waals surface area contributed by atoms with Crippen molar-refractivity contribution >= 4 is 38.9 Å². The number of carbonyl (C=O) groups excluding carboxylic acids is 1. The SMILES string of the molecule is CO/C=C(/C(=O)OC)c1ccccc1Cn1c(C)nn(-c2cc(NS(=O)(=O)c3ccccc3)c(Cl)cc2F)c1=O. The number of hydrogen-bond acceptors (Lipinski definition) is 7. The number of ether oxygens (including phenoxy) is 2. The molecule has 1 N–H and O–H groups in total. The van der Waals surface area contributed by atoms with E-state index in [2.05, 4.69) is 9.82 Å². The van der Waals surface area contributed by atoms with Crippen LogP contribution in [-0.2, 0) is 30.8 Å². The zero-order valence-corrected chi connectivity index (χ0v) is 23.2. The molecule has 13 heteroatoms. The first kappa shape index (κ1) is 28.6. The third-order valence-corrected chi connectivity index (χ3v) is 7.58. The highest BCUT2D eigenvalue weighted by molar-refractivity contribution is 7.92. The van der Waals surface area contributed by atoms with Crippen molar-refractivity contribution in [3.05, 3.63) is 111 Å². The average Bonchev–Trinajstić information content (AvgIpc) is 3.21. The lowest BCUT2D eigenvalue weighted by Crippen LogP contribution is -2.26. The van der Waals surface area contributed by atoms with Gasteiger partial charge in [0.1, 0.15) is 17.1 Å². The van der Waals surface area contributed by atoms with Gasteiger partial charge >= 0.3 is 11.7 Å². The maximum Gasteiger partial charge on any atom is 0.351 e. The number of anilines is 1. The van der Waals surface area contributed by atoms with Crippen molar-refractivity contribution in [3.63, 3.8) is 0 Å². The number of benzene rings is 3. The number of aryl methyl sites for hydroxylation is 1. The highest BCUT2D eigenvalue weighted by atomic mass is 35.5. The number of esters is 1. The van der Waals surface area contributed by atoms with Crippen molar-refractivity contribution in [3.8, 4) is 5.69 Å². The van der Waals surface area contributed by atoms with Crippen LogP contribution in [0.15, 0.2) is 82.7 Å². The molecule has 1 heterocycles. The molecule has 0 saturated carbocycles. The Hall–Kier alpha value is -4.42. The second kappa shape index (κ2) is 11.8. The van der Waals surface area contributed by atoms with Gasteiger partial charge in [0.05, 0.1) is 42.6 Å². The fraction of sp³-hybridized carbons (Fsp3) is 0.148. The van der Waals surface area contributed by atoms with Gasteiger partial charge in [0.25, 0.3) is 10.0 Å². The number of carbonyl (C=O) groups is 1. The summed E-state index contributed by atoms with van der Waals surface area (Å²) in [5.41, 5.74) is 0.00138. The second-order valence-corrected chi connectivity index (χ2v) is 10.5. The maximum atomic E-state index is 15.1. The monoisotopic (exact) mass is 586 g/mol. The minimum atomic E-state index is -4.05. The van der Waals surface area contributed by atoms with Gasteiger partial charge in [-0.1, -0.05) is 54.1 Å². The highest BCUT2D eigenvalue weighted by Crippen LogP contribution is 2.29. The third kappa shape index (κ3) is 5.77. The second-order valence-electron chi connectivity index (χ2n) is 8.45. The van der Waals surface area contributed by atoms with E-state index in [0.29, 0.717) is 11.1 Å². The van der Waals surface area contributed by atoms with Gasteiger partial charge in [-0.15, -0.1) is 0 Å². The van der Waals surface area contributed by atoms with E-state index >= 15 is 4.39 Å². The smallest absolute Gasteiger partial charge is 0.351 e. The topological polar surface area (TPSA) is 122 Å².